The van der Waals surface area contributed by atoms with Crippen molar-refractivity contribution in [3.05, 3.63) is 15.9 Å². The van der Waals surface area contributed by atoms with Crippen molar-refractivity contribution < 1.29 is 9.90 Å². The van der Waals surface area contributed by atoms with Crippen LogP contribution in [0.1, 0.15) is 37.6 Å². The van der Waals surface area contributed by atoms with Gasteiger partial charge in [0.15, 0.2) is 0 Å². The van der Waals surface area contributed by atoms with E-state index in [-0.39, 0.29) is 6.42 Å². The molecule has 5 heteroatoms. The zero-order valence-electron chi connectivity index (χ0n) is 9.12. The van der Waals surface area contributed by atoms with Crippen LogP contribution >= 0.6 is 15.9 Å². The summed E-state index contributed by atoms with van der Waals surface area (Å²) in [4.78, 5) is 10.5. The summed E-state index contributed by atoms with van der Waals surface area (Å²) in [6.45, 7) is 4.17. The van der Waals surface area contributed by atoms with Crippen LogP contribution in [0.15, 0.2) is 4.47 Å². The highest BCUT2D eigenvalue weighted by atomic mass is 79.9. The molecule has 0 aromatic carbocycles. The normalized spacial score (nSPS) is 11.0. The van der Waals surface area contributed by atoms with Crippen LogP contribution in [0.25, 0.3) is 0 Å². The summed E-state index contributed by atoms with van der Waals surface area (Å²) in [5, 5.41) is 12.9. The lowest BCUT2D eigenvalue weighted by molar-refractivity contribution is -0.136. The maximum atomic E-state index is 10.5. The Morgan fingerprint density at radius 2 is 2.20 bits per heavy atom. The summed E-state index contributed by atoms with van der Waals surface area (Å²) in [5.74, 6) is -0.422. The van der Waals surface area contributed by atoms with Gasteiger partial charge in [0.1, 0.15) is 0 Å². The van der Waals surface area contributed by atoms with E-state index in [2.05, 4.69) is 34.9 Å². The van der Waals surface area contributed by atoms with Gasteiger partial charge in [-0.3, -0.25) is 9.48 Å². The molecule has 0 saturated heterocycles. The van der Waals surface area contributed by atoms with E-state index >= 15 is 0 Å². The molecule has 0 aliphatic heterocycles. The first-order valence-corrected chi connectivity index (χ1v) is 5.65. The van der Waals surface area contributed by atoms with Crippen molar-refractivity contribution in [2.24, 2.45) is 7.05 Å². The van der Waals surface area contributed by atoms with E-state index in [0.29, 0.717) is 12.3 Å². The minimum absolute atomic E-state index is 0.118. The number of aryl methyl sites for hydroxylation is 2. The first kappa shape index (κ1) is 12.2. The highest BCUT2D eigenvalue weighted by Gasteiger charge is 2.16. The molecule has 1 heterocycles. The Morgan fingerprint density at radius 3 is 2.60 bits per heavy atom. The molecule has 84 valence electrons. The van der Waals surface area contributed by atoms with Crippen LogP contribution in [0.2, 0.25) is 0 Å². The topological polar surface area (TPSA) is 55.1 Å². The second-order valence-electron chi connectivity index (χ2n) is 3.82. The Kier molecular flexibility index (Phi) is 3.90. The van der Waals surface area contributed by atoms with E-state index in [1.165, 1.54) is 0 Å². The van der Waals surface area contributed by atoms with Gasteiger partial charge < -0.3 is 5.11 Å². The molecule has 0 radical (unpaired) electrons. The Bertz CT molecular complexity index is 372. The monoisotopic (exact) mass is 274 g/mol. The fourth-order valence-electron chi connectivity index (χ4n) is 1.58. The van der Waals surface area contributed by atoms with Crippen LogP contribution in [-0.4, -0.2) is 20.9 Å². The van der Waals surface area contributed by atoms with Crippen molar-refractivity contribution >= 4 is 21.9 Å². The van der Waals surface area contributed by atoms with Crippen LogP contribution in [0, 0.1) is 0 Å². The first-order chi connectivity index (χ1) is 6.93. The third-order valence-electron chi connectivity index (χ3n) is 2.22. The maximum Gasteiger partial charge on any atom is 0.303 e. The van der Waals surface area contributed by atoms with Gasteiger partial charge in [0.05, 0.1) is 22.3 Å². The summed E-state index contributed by atoms with van der Waals surface area (Å²) >= 11 is 3.48. The average Bonchev–Trinajstić information content (AvgIpc) is 2.37. The Morgan fingerprint density at radius 1 is 1.60 bits per heavy atom. The minimum Gasteiger partial charge on any atom is -0.481 e. The molecule has 0 aliphatic rings. The molecular weight excluding hydrogens is 260 g/mol. The Hall–Kier alpha value is -0.840. The van der Waals surface area contributed by atoms with Crippen LogP contribution in [-0.2, 0) is 18.3 Å². The predicted octanol–water partition coefficient (Wildman–Crippen LogP) is 2.32. The molecule has 15 heavy (non-hydrogen) atoms. The van der Waals surface area contributed by atoms with Crippen molar-refractivity contribution in [2.75, 3.05) is 0 Å². The van der Waals surface area contributed by atoms with Crippen molar-refractivity contribution in [2.45, 2.75) is 32.6 Å². The fraction of sp³-hybridized carbons (Fsp3) is 0.600. The van der Waals surface area contributed by atoms with E-state index in [1.54, 1.807) is 0 Å². The van der Waals surface area contributed by atoms with Crippen LogP contribution in [0.3, 0.4) is 0 Å². The minimum atomic E-state index is -0.793. The van der Waals surface area contributed by atoms with Gasteiger partial charge in [-0.2, -0.15) is 5.10 Å². The fourth-order valence-corrected chi connectivity index (χ4v) is 2.57. The molecule has 4 nitrogen and oxygen atoms in total. The van der Waals surface area contributed by atoms with Gasteiger partial charge in [-0.05, 0) is 21.8 Å². The summed E-state index contributed by atoms with van der Waals surface area (Å²) in [5.41, 5.74) is 1.93. The van der Waals surface area contributed by atoms with E-state index in [9.17, 15) is 4.79 Å². The van der Waals surface area contributed by atoms with Gasteiger partial charge in [-0.1, -0.05) is 13.8 Å². The van der Waals surface area contributed by atoms with E-state index in [1.807, 2.05) is 11.7 Å². The summed E-state index contributed by atoms with van der Waals surface area (Å²) in [6.07, 6.45) is 0.587. The van der Waals surface area contributed by atoms with Crippen molar-refractivity contribution in [3.63, 3.8) is 0 Å². The average molecular weight is 275 g/mol. The molecule has 0 atom stereocenters. The number of rotatable bonds is 4. The number of carboxylic acid groups (broad SMARTS) is 1. The molecule has 0 spiro atoms. The van der Waals surface area contributed by atoms with Crippen LogP contribution < -0.4 is 0 Å². The zero-order chi connectivity index (χ0) is 11.6. The standard InChI is InChI=1S/C10H15BrN2O2/c1-6(2)10-9(11)7(12-13(10)3)4-5-8(14)15/h6H,4-5H2,1-3H3,(H,14,15). The second kappa shape index (κ2) is 4.79. The molecule has 1 rings (SSSR count). The van der Waals surface area contributed by atoms with E-state index in [0.717, 1.165) is 15.9 Å². The van der Waals surface area contributed by atoms with Crippen molar-refractivity contribution in [1.29, 1.82) is 0 Å². The van der Waals surface area contributed by atoms with Gasteiger partial charge in [-0.15, -0.1) is 0 Å². The molecule has 1 N–H and O–H groups in total. The van der Waals surface area contributed by atoms with Crippen LogP contribution in [0.4, 0.5) is 0 Å². The number of carboxylic acids is 1. The Labute approximate surface area is 97.4 Å². The molecule has 0 aliphatic carbocycles. The number of hydrogen-bond acceptors (Lipinski definition) is 2. The molecule has 0 saturated carbocycles. The highest BCUT2D eigenvalue weighted by molar-refractivity contribution is 9.10. The molecule has 0 unspecified atom stereocenters. The zero-order valence-corrected chi connectivity index (χ0v) is 10.7. The van der Waals surface area contributed by atoms with E-state index in [4.69, 9.17) is 5.11 Å². The molecule has 0 fully saturated rings. The molecule has 1 aromatic heterocycles. The van der Waals surface area contributed by atoms with Gasteiger partial charge in [0.2, 0.25) is 0 Å². The third kappa shape index (κ3) is 2.81. The van der Waals surface area contributed by atoms with E-state index < -0.39 is 5.97 Å². The number of aliphatic carboxylic acids is 1. The lowest BCUT2D eigenvalue weighted by atomic mass is 10.1. The predicted molar refractivity (Wildman–Crippen MR) is 61.0 cm³/mol. The van der Waals surface area contributed by atoms with Gasteiger partial charge in [-0.25, -0.2) is 0 Å². The summed E-state index contributed by atoms with van der Waals surface area (Å²) < 4.78 is 2.76. The lowest BCUT2D eigenvalue weighted by Crippen LogP contribution is -2.00. The third-order valence-corrected chi connectivity index (χ3v) is 3.08. The molecular formula is C10H15BrN2O2. The van der Waals surface area contributed by atoms with Gasteiger partial charge in [0, 0.05) is 13.5 Å². The molecule has 0 bridgehead atoms. The van der Waals surface area contributed by atoms with Gasteiger partial charge >= 0.3 is 5.97 Å². The largest absolute Gasteiger partial charge is 0.481 e. The number of nitrogens with zero attached hydrogens (tertiary/aromatic N) is 2. The van der Waals surface area contributed by atoms with Gasteiger partial charge in [0.25, 0.3) is 0 Å². The first-order valence-electron chi connectivity index (χ1n) is 4.86. The van der Waals surface area contributed by atoms with Crippen molar-refractivity contribution in [1.82, 2.24) is 9.78 Å². The smallest absolute Gasteiger partial charge is 0.303 e. The highest BCUT2D eigenvalue weighted by Crippen LogP contribution is 2.27. The second-order valence-corrected chi connectivity index (χ2v) is 4.61. The molecule has 1 aromatic rings. The summed E-state index contributed by atoms with van der Waals surface area (Å²) in [7, 11) is 1.88. The number of carbonyl (C=O) groups is 1. The lowest BCUT2D eigenvalue weighted by Gasteiger charge is -2.05. The number of hydrogen-bond donors (Lipinski definition) is 1. The molecule has 0 amide bonds. The quantitative estimate of drug-likeness (QED) is 0.917. The Balaban J connectivity index is 2.91. The number of halogens is 1. The number of aromatic nitrogens is 2. The van der Waals surface area contributed by atoms with Crippen LogP contribution in [0.5, 0.6) is 0 Å². The SMILES string of the molecule is CC(C)c1c(Br)c(CCC(=O)O)nn1C. The summed E-state index contributed by atoms with van der Waals surface area (Å²) in [6, 6.07) is 0. The van der Waals surface area contributed by atoms with Crippen molar-refractivity contribution in [3.8, 4) is 0 Å². The maximum absolute atomic E-state index is 10.5.